The highest BCUT2D eigenvalue weighted by Crippen LogP contribution is 2.17. The summed E-state index contributed by atoms with van der Waals surface area (Å²) in [6, 6.07) is 8.28. The number of rotatable bonds is 2. The standard InChI is InChI=1S/C12H14.C2H6/c1-4-7-11-8-5-6-9-12(11)10(2)3;1-2/h4-9H,2H2,1,3H3;1-2H3/b7-4-;. The molecule has 1 rings (SSSR count). The zero-order valence-electron chi connectivity index (χ0n) is 9.67. The van der Waals surface area contributed by atoms with Crippen molar-refractivity contribution in [3.8, 4) is 0 Å². The summed E-state index contributed by atoms with van der Waals surface area (Å²) in [7, 11) is 0. The lowest BCUT2D eigenvalue weighted by Crippen LogP contribution is -1.82. The van der Waals surface area contributed by atoms with Crippen molar-refractivity contribution in [2.45, 2.75) is 27.7 Å². The fourth-order valence-electron chi connectivity index (χ4n) is 1.21. The molecule has 0 aliphatic heterocycles. The molecular formula is C14H20. The van der Waals surface area contributed by atoms with Gasteiger partial charge in [0, 0.05) is 0 Å². The van der Waals surface area contributed by atoms with Crippen LogP contribution < -0.4 is 0 Å². The Bertz CT molecular complexity index is 306. The van der Waals surface area contributed by atoms with Gasteiger partial charge in [-0.15, -0.1) is 0 Å². The van der Waals surface area contributed by atoms with Gasteiger partial charge in [-0.3, -0.25) is 0 Å². The highest BCUT2D eigenvalue weighted by atomic mass is 14.0. The van der Waals surface area contributed by atoms with Gasteiger partial charge in [0.25, 0.3) is 0 Å². The van der Waals surface area contributed by atoms with E-state index in [9.17, 15) is 0 Å². The molecule has 0 bridgehead atoms. The average Bonchev–Trinajstić information content (AvgIpc) is 2.22. The molecule has 1 aromatic rings. The van der Waals surface area contributed by atoms with Gasteiger partial charge in [-0.2, -0.15) is 0 Å². The van der Waals surface area contributed by atoms with Gasteiger partial charge in [0.15, 0.2) is 0 Å². The number of hydrogen-bond acceptors (Lipinski definition) is 0. The second kappa shape index (κ2) is 7.14. The van der Waals surface area contributed by atoms with Gasteiger partial charge < -0.3 is 0 Å². The normalized spacial score (nSPS) is 9.43. The van der Waals surface area contributed by atoms with Gasteiger partial charge >= 0.3 is 0 Å². The molecule has 0 N–H and O–H groups in total. The van der Waals surface area contributed by atoms with Crippen LogP contribution in [0.5, 0.6) is 0 Å². The van der Waals surface area contributed by atoms with E-state index in [1.807, 2.05) is 45.9 Å². The zero-order chi connectivity index (χ0) is 11.0. The molecule has 0 nitrogen and oxygen atoms in total. The van der Waals surface area contributed by atoms with E-state index in [0.717, 1.165) is 5.57 Å². The van der Waals surface area contributed by atoms with Gasteiger partial charge in [-0.25, -0.2) is 0 Å². The van der Waals surface area contributed by atoms with E-state index < -0.39 is 0 Å². The third kappa shape index (κ3) is 3.61. The average molecular weight is 188 g/mol. The van der Waals surface area contributed by atoms with Crippen molar-refractivity contribution in [1.29, 1.82) is 0 Å². The van der Waals surface area contributed by atoms with E-state index in [1.54, 1.807) is 0 Å². The maximum absolute atomic E-state index is 3.93. The summed E-state index contributed by atoms with van der Waals surface area (Å²) in [6.07, 6.45) is 4.14. The first-order chi connectivity index (χ1) is 6.75. The summed E-state index contributed by atoms with van der Waals surface area (Å²) in [6.45, 7) is 12.0. The van der Waals surface area contributed by atoms with Crippen LogP contribution >= 0.6 is 0 Å². The highest BCUT2D eigenvalue weighted by Gasteiger charge is 1.96. The molecule has 0 saturated heterocycles. The molecule has 0 heteroatoms. The van der Waals surface area contributed by atoms with Crippen LogP contribution in [-0.2, 0) is 0 Å². The van der Waals surface area contributed by atoms with Crippen LogP contribution in [0.3, 0.4) is 0 Å². The summed E-state index contributed by atoms with van der Waals surface area (Å²) >= 11 is 0. The number of allylic oxidation sites excluding steroid dienone is 2. The van der Waals surface area contributed by atoms with Gasteiger partial charge in [-0.05, 0) is 25.0 Å². The lowest BCUT2D eigenvalue weighted by molar-refractivity contribution is 1.50. The van der Waals surface area contributed by atoms with E-state index in [0.29, 0.717) is 0 Å². The van der Waals surface area contributed by atoms with Crippen molar-refractivity contribution in [3.05, 3.63) is 48.0 Å². The molecule has 14 heavy (non-hydrogen) atoms. The molecule has 0 aliphatic rings. The number of hydrogen-bond donors (Lipinski definition) is 0. The summed E-state index contributed by atoms with van der Waals surface area (Å²) < 4.78 is 0. The smallest absolute Gasteiger partial charge is 0.0161 e. The number of benzene rings is 1. The predicted octanol–water partition coefficient (Wildman–Crippen LogP) is 4.78. The minimum atomic E-state index is 1.11. The van der Waals surface area contributed by atoms with Crippen LogP contribution in [-0.4, -0.2) is 0 Å². The van der Waals surface area contributed by atoms with Crippen molar-refractivity contribution in [2.24, 2.45) is 0 Å². The Hall–Kier alpha value is -1.30. The molecule has 0 fully saturated rings. The SMILES string of the molecule is C=C(C)c1ccccc1/C=C\C.CC. The summed E-state index contributed by atoms with van der Waals surface area (Å²) in [4.78, 5) is 0. The molecular weight excluding hydrogens is 168 g/mol. The van der Waals surface area contributed by atoms with Crippen LogP contribution in [0.1, 0.15) is 38.8 Å². The Kier molecular flexibility index (Phi) is 6.47. The lowest BCUT2D eigenvalue weighted by Gasteiger charge is -2.03. The Balaban J connectivity index is 0.000000791. The van der Waals surface area contributed by atoms with Crippen molar-refractivity contribution >= 4 is 11.6 Å². The molecule has 0 amide bonds. The first-order valence-corrected chi connectivity index (χ1v) is 5.13. The first-order valence-electron chi connectivity index (χ1n) is 5.13. The maximum Gasteiger partial charge on any atom is -0.0161 e. The monoisotopic (exact) mass is 188 g/mol. The largest absolute Gasteiger partial charge is 0.0955 e. The second-order valence-electron chi connectivity index (χ2n) is 2.87. The van der Waals surface area contributed by atoms with E-state index in [-0.39, 0.29) is 0 Å². The summed E-state index contributed by atoms with van der Waals surface area (Å²) in [5, 5.41) is 0. The molecule has 1 aromatic carbocycles. The van der Waals surface area contributed by atoms with E-state index in [2.05, 4.69) is 24.8 Å². The third-order valence-corrected chi connectivity index (χ3v) is 1.77. The maximum atomic E-state index is 3.93. The topological polar surface area (TPSA) is 0 Å². The Labute approximate surface area is 88.0 Å². The predicted molar refractivity (Wildman–Crippen MR) is 67.2 cm³/mol. The van der Waals surface area contributed by atoms with Crippen LogP contribution in [0.15, 0.2) is 36.9 Å². The van der Waals surface area contributed by atoms with Gasteiger partial charge in [0.05, 0.1) is 0 Å². The van der Waals surface area contributed by atoms with E-state index >= 15 is 0 Å². The molecule has 0 aromatic heterocycles. The van der Waals surface area contributed by atoms with Crippen molar-refractivity contribution in [1.82, 2.24) is 0 Å². The van der Waals surface area contributed by atoms with E-state index in [4.69, 9.17) is 0 Å². The molecule has 0 atom stereocenters. The van der Waals surface area contributed by atoms with Crippen LogP contribution in [0, 0.1) is 0 Å². The van der Waals surface area contributed by atoms with Crippen molar-refractivity contribution < 1.29 is 0 Å². The Morgan fingerprint density at radius 1 is 1.21 bits per heavy atom. The van der Waals surface area contributed by atoms with Gasteiger partial charge in [-0.1, -0.05) is 62.4 Å². The molecule has 0 heterocycles. The fraction of sp³-hybridized carbons (Fsp3) is 0.286. The van der Waals surface area contributed by atoms with Crippen LogP contribution in [0.2, 0.25) is 0 Å². The molecule has 0 aliphatic carbocycles. The molecule has 0 saturated carbocycles. The van der Waals surface area contributed by atoms with Crippen molar-refractivity contribution in [2.75, 3.05) is 0 Å². The summed E-state index contributed by atoms with van der Waals surface area (Å²) in [5.41, 5.74) is 3.59. The van der Waals surface area contributed by atoms with Crippen LogP contribution in [0.25, 0.3) is 11.6 Å². The highest BCUT2D eigenvalue weighted by molar-refractivity contribution is 5.71. The van der Waals surface area contributed by atoms with Gasteiger partial charge in [0.2, 0.25) is 0 Å². The first kappa shape index (κ1) is 12.7. The van der Waals surface area contributed by atoms with Gasteiger partial charge in [0.1, 0.15) is 0 Å². The fourth-order valence-corrected chi connectivity index (χ4v) is 1.21. The molecule has 76 valence electrons. The van der Waals surface area contributed by atoms with E-state index in [1.165, 1.54) is 11.1 Å². The third-order valence-electron chi connectivity index (χ3n) is 1.77. The molecule has 0 unspecified atom stereocenters. The Morgan fingerprint density at radius 2 is 1.79 bits per heavy atom. The van der Waals surface area contributed by atoms with Crippen LogP contribution in [0.4, 0.5) is 0 Å². The second-order valence-corrected chi connectivity index (χ2v) is 2.87. The van der Waals surface area contributed by atoms with Crippen molar-refractivity contribution in [3.63, 3.8) is 0 Å². The Morgan fingerprint density at radius 3 is 2.29 bits per heavy atom. The lowest BCUT2D eigenvalue weighted by atomic mass is 10.0. The molecule has 0 spiro atoms. The quantitative estimate of drug-likeness (QED) is 0.626. The molecule has 0 radical (unpaired) electrons. The minimum absolute atomic E-state index is 1.11. The summed E-state index contributed by atoms with van der Waals surface area (Å²) in [5.74, 6) is 0. The zero-order valence-corrected chi connectivity index (χ0v) is 9.67. The minimum Gasteiger partial charge on any atom is -0.0955 e.